The van der Waals surface area contributed by atoms with Crippen molar-refractivity contribution < 1.29 is 13.2 Å². The van der Waals surface area contributed by atoms with Crippen LogP contribution < -0.4 is 10.6 Å². The highest BCUT2D eigenvalue weighted by molar-refractivity contribution is 5.23. The third kappa shape index (κ3) is 4.04. The third-order valence-electron chi connectivity index (χ3n) is 7.01. The predicted octanol–water partition coefficient (Wildman–Crippen LogP) is 5.15. The van der Waals surface area contributed by atoms with Crippen LogP contribution in [0.1, 0.15) is 52.9 Å². The normalized spacial score (nSPS) is 34.1. The maximum Gasteiger partial charge on any atom is 0.406 e. The number of halogens is 3. The van der Waals surface area contributed by atoms with Gasteiger partial charge >= 0.3 is 6.18 Å². The van der Waals surface area contributed by atoms with Crippen molar-refractivity contribution in [3.63, 3.8) is 0 Å². The van der Waals surface area contributed by atoms with E-state index in [0.29, 0.717) is 12.0 Å². The quantitative estimate of drug-likeness (QED) is 0.621. The van der Waals surface area contributed by atoms with Gasteiger partial charge in [0.2, 0.25) is 0 Å². The minimum atomic E-state index is -4.06. The number of rotatable bonds is 6. The molecule has 5 rings (SSSR count). The Balaban J connectivity index is 0.000000201. The average molecular weight is 383 g/mol. The first-order valence-electron chi connectivity index (χ1n) is 10.0. The molecule has 4 saturated carbocycles. The Morgan fingerprint density at radius 3 is 2.11 bits per heavy atom. The van der Waals surface area contributed by atoms with E-state index in [-0.39, 0.29) is 18.3 Å². The van der Waals surface area contributed by atoms with Gasteiger partial charge in [-0.25, -0.2) is 0 Å². The predicted molar refractivity (Wildman–Crippen MR) is 104 cm³/mol. The Bertz CT molecular complexity index is 617. The van der Waals surface area contributed by atoms with Crippen molar-refractivity contribution >= 4 is 0 Å². The molecule has 0 radical (unpaired) electrons. The van der Waals surface area contributed by atoms with Crippen molar-refractivity contribution in [2.45, 2.75) is 64.6 Å². The third-order valence-corrected chi connectivity index (χ3v) is 7.01. The van der Waals surface area contributed by atoms with Crippen LogP contribution >= 0.6 is 0 Å². The Hall–Kier alpha value is -1.07. The van der Waals surface area contributed by atoms with E-state index >= 15 is 0 Å². The van der Waals surface area contributed by atoms with E-state index < -0.39 is 11.7 Å². The maximum absolute atomic E-state index is 12.8. The zero-order valence-electron chi connectivity index (χ0n) is 16.8. The van der Waals surface area contributed by atoms with Crippen LogP contribution in [0.5, 0.6) is 0 Å². The molecule has 0 aromatic rings. The van der Waals surface area contributed by atoms with Crippen LogP contribution in [0.2, 0.25) is 0 Å². The molecule has 0 aromatic carbocycles. The molecule has 0 spiro atoms. The second kappa shape index (κ2) is 7.07. The van der Waals surface area contributed by atoms with Crippen molar-refractivity contribution in [3.8, 4) is 0 Å². The molecule has 0 unspecified atom stereocenters. The Morgan fingerprint density at radius 2 is 1.74 bits per heavy atom. The van der Waals surface area contributed by atoms with Gasteiger partial charge in [-0.1, -0.05) is 36.0 Å². The lowest BCUT2D eigenvalue weighted by Gasteiger charge is -2.75. The summed E-state index contributed by atoms with van der Waals surface area (Å²) in [5, 5.41) is 6.14. The van der Waals surface area contributed by atoms with Gasteiger partial charge in [-0.2, -0.15) is 13.2 Å². The fraction of sp³-hybridized carbons (Fsp3) is 0.727. The summed E-state index contributed by atoms with van der Waals surface area (Å²) >= 11 is 0. The van der Waals surface area contributed by atoms with E-state index in [1.54, 1.807) is 0 Å². The second-order valence-corrected chi connectivity index (χ2v) is 9.39. The van der Waals surface area contributed by atoms with Gasteiger partial charge in [0.15, 0.2) is 0 Å². The number of alkyl halides is 3. The molecule has 1 heterocycles. The van der Waals surface area contributed by atoms with E-state index in [2.05, 4.69) is 36.3 Å². The van der Waals surface area contributed by atoms with Crippen molar-refractivity contribution in [1.82, 2.24) is 10.6 Å². The summed E-state index contributed by atoms with van der Waals surface area (Å²) < 4.78 is 38.4. The molecule has 0 aromatic heterocycles. The lowest BCUT2D eigenvalue weighted by molar-refractivity contribution is -0.245. The van der Waals surface area contributed by atoms with Gasteiger partial charge in [0.05, 0.1) is 0 Å². The topological polar surface area (TPSA) is 24.1 Å². The van der Waals surface area contributed by atoms with E-state index in [4.69, 9.17) is 0 Å². The second-order valence-electron chi connectivity index (χ2n) is 9.39. The van der Waals surface area contributed by atoms with E-state index in [9.17, 15) is 13.2 Å². The van der Waals surface area contributed by atoms with Gasteiger partial charge in [-0.3, -0.25) is 0 Å². The van der Waals surface area contributed by atoms with Gasteiger partial charge < -0.3 is 10.6 Å². The summed E-state index contributed by atoms with van der Waals surface area (Å²) in [4.78, 5) is 0. The average Bonchev–Trinajstić information content (AvgIpc) is 3.25. The largest absolute Gasteiger partial charge is 0.406 e. The van der Waals surface area contributed by atoms with Crippen LogP contribution in [-0.2, 0) is 0 Å². The Labute approximate surface area is 161 Å². The molecule has 4 aliphatic carbocycles. The molecule has 1 saturated heterocycles. The molecule has 152 valence electrons. The monoisotopic (exact) mass is 382 g/mol. The minimum absolute atomic E-state index is 0.219. The number of allylic oxidation sites excluding steroid dienone is 5. The molecule has 1 aliphatic heterocycles. The van der Waals surface area contributed by atoms with Gasteiger partial charge in [0.25, 0.3) is 0 Å². The zero-order chi connectivity index (χ0) is 19.9. The molecule has 0 amide bonds. The number of nitrogens with one attached hydrogen (secondary N) is 2. The minimum Gasteiger partial charge on any atom is -0.316 e. The van der Waals surface area contributed by atoms with Gasteiger partial charge in [-0.05, 0) is 82.7 Å². The smallest absolute Gasteiger partial charge is 0.316 e. The molecule has 5 aliphatic rings. The highest BCUT2D eigenvalue weighted by Gasteiger charge is 2.71. The Kier molecular flexibility index (Phi) is 5.41. The fourth-order valence-electron chi connectivity index (χ4n) is 4.84. The highest BCUT2D eigenvalue weighted by Crippen LogP contribution is 2.76. The SMILES string of the molecule is C=C(C)/C=C\C(C)=C/C.FC(F)(F)C1(NCC23CC(C4CNC4)(C2)C3)CC1. The van der Waals surface area contributed by atoms with E-state index in [0.717, 1.165) is 43.8 Å². The van der Waals surface area contributed by atoms with Gasteiger partial charge in [0, 0.05) is 6.54 Å². The first-order chi connectivity index (χ1) is 12.6. The van der Waals surface area contributed by atoms with Crippen LogP contribution in [-0.4, -0.2) is 31.3 Å². The summed E-state index contributed by atoms with van der Waals surface area (Å²) in [6.07, 6.45) is 6.09. The summed E-state index contributed by atoms with van der Waals surface area (Å²) in [5.74, 6) is 0.803. The molecule has 2 nitrogen and oxygen atoms in total. The summed E-state index contributed by atoms with van der Waals surface area (Å²) in [7, 11) is 0. The van der Waals surface area contributed by atoms with Crippen molar-refractivity contribution in [1.29, 1.82) is 0 Å². The van der Waals surface area contributed by atoms with Crippen LogP contribution in [0.3, 0.4) is 0 Å². The lowest BCUT2D eigenvalue weighted by Crippen LogP contribution is -2.73. The van der Waals surface area contributed by atoms with Crippen LogP contribution in [0.4, 0.5) is 13.2 Å². The number of hydrogen-bond acceptors (Lipinski definition) is 2. The van der Waals surface area contributed by atoms with Crippen molar-refractivity contribution in [2.75, 3.05) is 19.6 Å². The summed E-state index contributed by atoms with van der Waals surface area (Å²) in [5.41, 5.74) is 1.58. The number of hydrogen-bond donors (Lipinski definition) is 2. The maximum atomic E-state index is 12.8. The first-order valence-corrected chi connectivity index (χ1v) is 10.0. The lowest BCUT2D eigenvalue weighted by atomic mass is 9.31. The van der Waals surface area contributed by atoms with Crippen LogP contribution in [0.25, 0.3) is 0 Å². The van der Waals surface area contributed by atoms with Crippen molar-refractivity contribution in [3.05, 3.63) is 36.0 Å². The van der Waals surface area contributed by atoms with Crippen LogP contribution in [0.15, 0.2) is 36.0 Å². The molecule has 0 atom stereocenters. The van der Waals surface area contributed by atoms with Crippen LogP contribution in [0, 0.1) is 16.7 Å². The molecule has 2 N–H and O–H groups in total. The molecule has 5 fully saturated rings. The van der Waals surface area contributed by atoms with E-state index in [1.165, 1.54) is 5.57 Å². The summed E-state index contributed by atoms with van der Waals surface area (Å²) in [6, 6.07) is 0. The molecular weight excluding hydrogens is 349 g/mol. The standard InChI is InChI=1S/C13H19F3N2.C9H14/c14-13(15,16)12(1-2-12)18-8-10-5-11(6-10,7-10)9-3-17-4-9;1-5-9(4)7-6-8(2)3/h9,17-18H,1-8H2;5-7H,2H2,1,3-4H3/b;7-6-,9-5-. The van der Waals surface area contributed by atoms with Gasteiger partial charge in [0.1, 0.15) is 5.54 Å². The van der Waals surface area contributed by atoms with Gasteiger partial charge in [-0.15, -0.1) is 0 Å². The molecule has 5 heteroatoms. The first kappa shape index (κ1) is 20.7. The molecule has 2 bridgehead atoms. The molecular formula is C22H33F3N2. The summed E-state index contributed by atoms with van der Waals surface area (Å²) in [6.45, 7) is 12.6. The fourth-order valence-corrected chi connectivity index (χ4v) is 4.84. The highest BCUT2D eigenvalue weighted by atomic mass is 19.4. The molecule has 27 heavy (non-hydrogen) atoms. The van der Waals surface area contributed by atoms with E-state index in [1.807, 2.05) is 19.9 Å². The Morgan fingerprint density at radius 1 is 1.15 bits per heavy atom. The van der Waals surface area contributed by atoms with Crippen molar-refractivity contribution in [2.24, 2.45) is 16.7 Å². The zero-order valence-corrected chi connectivity index (χ0v) is 16.8.